The summed E-state index contributed by atoms with van der Waals surface area (Å²) < 4.78 is 0. The summed E-state index contributed by atoms with van der Waals surface area (Å²) in [6.07, 6.45) is 3.86. The molecular formula is C6H11N2O2-. The molecular weight excluding hydrogens is 132 g/mol. The van der Waals surface area contributed by atoms with E-state index in [4.69, 9.17) is 10.9 Å². The van der Waals surface area contributed by atoms with Crippen LogP contribution in [-0.2, 0) is 0 Å². The first-order chi connectivity index (χ1) is 4.66. The summed E-state index contributed by atoms with van der Waals surface area (Å²) >= 11 is 0. The Kier molecular flexibility index (Phi) is 4.36. The maximum absolute atomic E-state index is 9.91. The van der Waals surface area contributed by atoms with Crippen molar-refractivity contribution in [3.8, 4) is 0 Å². The van der Waals surface area contributed by atoms with Crippen molar-refractivity contribution in [2.75, 3.05) is 0 Å². The summed E-state index contributed by atoms with van der Waals surface area (Å²) in [5.41, 5.74) is 5.62. The molecule has 10 heavy (non-hydrogen) atoms. The summed E-state index contributed by atoms with van der Waals surface area (Å²) in [5, 5.41) is 17.7. The summed E-state index contributed by atoms with van der Waals surface area (Å²) in [7, 11) is 0. The second-order valence-electron chi connectivity index (χ2n) is 1.83. The number of rotatable bonds is 4. The van der Waals surface area contributed by atoms with E-state index in [-0.39, 0.29) is 5.23 Å². The molecule has 0 aromatic rings. The normalized spacial score (nSPS) is 11.2. The van der Waals surface area contributed by atoms with Crippen molar-refractivity contribution < 1.29 is 5.21 Å². The fraction of sp³-hybridized carbons (Fsp3) is 0.333. The summed E-state index contributed by atoms with van der Waals surface area (Å²) in [4.78, 5) is 0. The summed E-state index contributed by atoms with van der Waals surface area (Å²) in [6, 6.07) is 0. The van der Waals surface area contributed by atoms with Crippen LogP contribution in [0.25, 0.3) is 0 Å². The molecule has 0 rings (SSSR count). The first-order valence-electron chi connectivity index (χ1n) is 2.89. The molecule has 4 nitrogen and oxygen atoms in total. The third-order valence-electron chi connectivity index (χ3n) is 0.913. The van der Waals surface area contributed by atoms with Crippen LogP contribution in [0.15, 0.2) is 24.6 Å². The number of nitrogens with zero attached hydrogens (tertiary/aromatic N) is 1. The molecule has 0 bridgehead atoms. The molecule has 0 aliphatic heterocycles. The van der Waals surface area contributed by atoms with Gasteiger partial charge >= 0.3 is 0 Å². The Bertz CT molecular complexity index is 132. The van der Waals surface area contributed by atoms with Crippen LogP contribution in [0.1, 0.15) is 12.8 Å². The van der Waals surface area contributed by atoms with Gasteiger partial charge in [-0.2, -0.15) is 0 Å². The van der Waals surface area contributed by atoms with E-state index in [1.807, 2.05) is 0 Å². The number of allylic oxidation sites excluding steroid dienone is 2. The minimum Gasteiger partial charge on any atom is -0.734 e. The van der Waals surface area contributed by atoms with Gasteiger partial charge in [0.1, 0.15) is 0 Å². The molecule has 0 unspecified atom stereocenters. The molecule has 0 aromatic heterocycles. The minimum atomic E-state index is -0.307. The van der Waals surface area contributed by atoms with Crippen molar-refractivity contribution >= 4 is 0 Å². The molecule has 58 valence electrons. The molecule has 0 aliphatic carbocycles. The molecule has 3 N–H and O–H groups in total. The second-order valence-corrected chi connectivity index (χ2v) is 1.83. The van der Waals surface area contributed by atoms with E-state index < -0.39 is 0 Å². The highest BCUT2D eigenvalue weighted by Gasteiger charge is 1.86. The van der Waals surface area contributed by atoms with Gasteiger partial charge in [0.25, 0.3) is 0 Å². The predicted molar refractivity (Wildman–Crippen MR) is 38.7 cm³/mol. The second kappa shape index (κ2) is 4.84. The number of hydrogen-bond acceptors (Lipinski definition) is 4. The fourth-order valence-electron chi connectivity index (χ4n) is 0.475. The molecule has 0 spiro atoms. The third-order valence-corrected chi connectivity index (χ3v) is 0.913. The van der Waals surface area contributed by atoms with Gasteiger partial charge in [-0.25, -0.2) is 0 Å². The lowest BCUT2D eigenvalue weighted by molar-refractivity contribution is 0.0106. The Hall–Kier alpha value is -1.00. The standard InChI is InChI=1S/C6H11N2O2/c1-2-3-4-6(7)5-8(9)10/h2,5,9H,1,3-4,7H2/q-1. The highest BCUT2D eigenvalue weighted by atomic mass is 16.8. The van der Waals surface area contributed by atoms with Crippen molar-refractivity contribution in [3.63, 3.8) is 0 Å². The van der Waals surface area contributed by atoms with Gasteiger partial charge in [-0.15, -0.1) is 6.58 Å². The van der Waals surface area contributed by atoms with Gasteiger partial charge in [0, 0.05) is 11.9 Å². The Morgan fingerprint density at radius 2 is 2.40 bits per heavy atom. The van der Waals surface area contributed by atoms with Crippen molar-refractivity contribution in [2.24, 2.45) is 5.73 Å². The zero-order chi connectivity index (χ0) is 7.98. The van der Waals surface area contributed by atoms with Crippen LogP contribution >= 0.6 is 0 Å². The third kappa shape index (κ3) is 5.14. The number of hydroxylamine groups is 2. The number of hydrogen-bond donors (Lipinski definition) is 2. The molecule has 0 amide bonds. The molecule has 0 radical (unpaired) electrons. The van der Waals surface area contributed by atoms with Crippen molar-refractivity contribution in [3.05, 3.63) is 29.8 Å². The Morgan fingerprint density at radius 3 is 2.80 bits per heavy atom. The van der Waals surface area contributed by atoms with E-state index in [1.54, 1.807) is 6.08 Å². The van der Waals surface area contributed by atoms with E-state index in [0.717, 1.165) is 6.20 Å². The van der Waals surface area contributed by atoms with Gasteiger partial charge < -0.3 is 16.2 Å². The van der Waals surface area contributed by atoms with E-state index in [2.05, 4.69) is 6.58 Å². The molecule has 0 heterocycles. The Balaban J connectivity index is 3.59. The SMILES string of the molecule is C=CCCC(N)=CN([O-])O. The lowest BCUT2D eigenvalue weighted by Crippen LogP contribution is -2.06. The van der Waals surface area contributed by atoms with Crippen LogP contribution in [0.3, 0.4) is 0 Å². The van der Waals surface area contributed by atoms with E-state index in [0.29, 0.717) is 18.5 Å². The topological polar surface area (TPSA) is 72.5 Å². The van der Waals surface area contributed by atoms with Gasteiger partial charge in [-0.1, -0.05) is 6.08 Å². The average Bonchev–Trinajstić information content (AvgIpc) is 1.82. The average molecular weight is 143 g/mol. The van der Waals surface area contributed by atoms with Gasteiger partial charge in [0.15, 0.2) is 0 Å². The number of nitrogens with two attached hydrogens (primary N) is 1. The summed E-state index contributed by atoms with van der Waals surface area (Å²) in [6.45, 7) is 3.47. The van der Waals surface area contributed by atoms with Crippen molar-refractivity contribution in [1.82, 2.24) is 5.23 Å². The van der Waals surface area contributed by atoms with Crippen molar-refractivity contribution in [1.29, 1.82) is 0 Å². The van der Waals surface area contributed by atoms with Crippen LogP contribution in [0, 0.1) is 5.21 Å². The molecule has 0 aliphatic rings. The lowest BCUT2D eigenvalue weighted by Gasteiger charge is -2.16. The van der Waals surface area contributed by atoms with Crippen LogP contribution in [0.5, 0.6) is 0 Å². The highest BCUT2D eigenvalue weighted by Crippen LogP contribution is 1.98. The predicted octanol–water partition coefficient (Wildman–Crippen LogP) is 0.942. The van der Waals surface area contributed by atoms with Gasteiger partial charge in [0.2, 0.25) is 0 Å². The van der Waals surface area contributed by atoms with Crippen LogP contribution < -0.4 is 5.73 Å². The maximum atomic E-state index is 9.91. The maximum Gasteiger partial charge on any atom is 0.0334 e. The first kappa shape index (κ1) is 9.00. The first-order valence-corrected chi connectivity index (χ1v) is 2.89. The van der Waals surface area contributed by atoms with E-state index >= 15 is 0 Å². The quantitative estimate of drug-likeness (QED) is 0.453. The fourth-order valence-corrected chi connectivity index (χ4v) is 0.475. The van der Waals surface area contributed by atoms with Crippen LogP contribution in [-0.4, -0.2) is 10.4 Å². The van der Waals surface area contributed by atoms with Crippen LogP contribution in [0.4, 0.5) is 0 Å². The molecule has 0 fully saturated rings. The molecule has 0 saturated heterocycles. The van der Waals surface area contributed by atoms with E-state index in [9.17, 15) is 5.21 Å². The molecule has 0 aromatic carbocycles. The molecule has 0 atom stereocenters. The van der Waals surface area contributed by atoms with Gasteiger partial charge in [0.05, 0.1) is 0 Å². The highest BCUT2D eigenvalue weighted by molar-refractivity contribution is 4.95. The smallest absolute Gasteiger partial charge is 0.0334 e. The monoisotopic (exact) mass is 143 g/mol. The molecule has 0 saturated carbocycles. The zero-order valence-corrected chi connectivity index (χ0v) is 5.66. The Labute approximate surface area is 59.8 Å². The van der Waals surface area contributed by atoms with Crippen LogP contribution in [0.2, 0.25) is 0 Å². The zero-order valence-electron chi connectivity index (χ0n) is 5.66. The van der Waals surface area contributed by atoms with Gasteiger partial charge in [-0.3, -0.25) is 5.21 Å². The summed E-state index contributed by atoms with van der Waals surface area (Å²) in [5.74, 6) is 0. The largest absolute Gasteiger partial charge is 0.734 e. The lowest BCUT2D eigenvalue weighted by atomic mass is 10.2. The Morgan fingerprint density at radius 1 is 1.80 bits per heavy atom. The van der Waals surface area contributed by atoms with E-state index in [1.165, 1.54) is 0 Å². The van der Waals surface area contributed by atoms with Gasteiger partial charge in [-0.05, 0) is 12.8 Å². The van der Waals surface area contributed by atoms with Crippen molar-refractivity contribution in [2.45, 2.75) is 12.8 Å². The minimum absolute atomic E-state index is 0.307. The molecule has 4 heteroatoms.